The maximum Gasteiger partial charge on any atom is 0.320 e. The van der Waals surface area contributed by atoms with Crippen molar-refractivity contribution >= 4 is 12.0 Å². The Balaban J connectivity index is 1.95. The Morgan fingerprint density at radius 3 is 2.35 bits per heavy atom. The molecule has 2 heterocycles. The first-order valence-corrected chi connectivity index (χ1v) is 7.73. The zero-order valence-electron chi connectivity index (χ0n) is 12.6. The molecule has 1 unspecified atom stereocenters. The molecule has 0 aliphatic carbocycles. The molecule has 1 N–H and O–H groups in total. The van der Waals surface area contributed by atoms with Gasteiger partial charge in [-0.1, -0.05) is 12.8 Å². The number of hydrogen-bond acceptors (Lipinski definition) is 2. The summed E-state index contributed by atoms with van der Waals surface area (Å²) in [5.41, 5.74) is -0.665. The summed E-state index contributed by atoms with van der Waals surface area (Å²) in [5.74, 6) is -0.743. The highest BCUT2D eigenvalue weighted by Gasteiger charge is 2.39. The maximum absolute atomic E-state index is 12.6. The Morgan fingerprint density at radius 1 is 1.10 bits per heavy atom. The number of amides is 2. The van der Waals surface area contributed by atoms with E-state index in [1.54, 1.807) is 6.92 Å². The van der Waals surface area contributed by atoms with Crippen molar-refractivity contribution in [3.05, 3.63) is 0 Å². The highest BCUT2D eigenvalue weighted by Crippen LogP contribution is 2.32. The highest BCUT2D eigenvalue weighted by molar-refractivity contribution is 5.77. The van der Waals surface area contributed by atoms with Crippen molar-refractivity contribution in [2.45, 2.75) is 58.4 Å². The first-order chi connectivity index (χ1) is 9.44. The largest absolute Gasteiger partial charge is 0.481 e. The van der Waals surface area contributed by atoms with E-state index in [1.807, 2.05) is 9.80 Å². The molecule has 5 heteroatoms. The minimum Gasteiger partial charge on any atom is -0.481 e. The van der Waals surface area contributed by atoms with Crippen molar-refractivity contribution in [1.82, 2.24) is 9.80 Å². The van der Waals surface area contributed by atoms with Gasteiger partial charge in [0, 0.05) is 25.7 Å². The smallest absolute Gasteiger partial charge is 0.320 e. The van der Waals surface area contributed by atoms with Crippen LogP contribution in [0.2, 0.25) is 0 Å². The number of carboxylic acid groups (broad SMARTS) is 1. The van der Waals surface area contributed by atoms with E-state index in [4.69, 9.17) is 0 Å². The van der Waals surface area contributed by atoms with Crippen LogP contribution < -0.4 is 0 Å². The Kier molecular flexibility index (Phi) is 4.55. The van der Waals surface area contributed by atoms with E-state index in [0.717, 1.165) is 19.4 Å². The molecule has 0 aromatic rings. The molecule has 2 aliphatic heterocycles. The summed E-state index contributed by atoms with van der Waals surface area (Å²) in [4.78, 5) is 27.7. The molecule has 0 aromatic carbocycles. The van der Waals surface area contributed by atoms with E-state index in [1.165, 1.54) is 12.8 Å². The van der Waals surface area contributed by atoms with Crippen LogP contribution in [-0.4, -0.2) is 52.6 Å². The first-order valence-electron chi connectivity index (χ1n) is 7.73. The average Bonchev–Trinajstić information content (AvgIpc) is 2.63. The van der Waals surface area contributed by atoms with E-state index in [9.17, 15) is 14.7 Å². The Bertz CT molecular complexity index is 375. The predicted octanol–water partition coefficient (Wildman–Crippen LogP) is 2.56. The van der Waals surface area contributed by atoms with Crippen LogP contribution in [0.15, 0.2) is 0 Å². The Hall–Kier alpha value is -1.26. The predicted molar refractivity (Wildman–Crippen MR) is 76.6 cm³/mol. The SMILES string of the molecule is CC1CCCCCN1C(=O)N1CCC(C)(C(=O)O)CC1. The van der Waals surface area contributed by atoms with Crippen molar-refractivity contribution in [3.63, 3.8) is 0 Å². The van der Waals surface area contributed by atoms with Gasteiger partial charge in [-0.05, 0) is 39.5 Å². The van der Waals surface area contributed by atoms with Crippen molar-refractivity contribution in [3.8, 4) is 0 Å². The van der Waals surface area contributed by atoms with Crippen LogP contribution >= 0.6 is 0 Å². The fourth-order valence-electron chi connectivity index (χ4n) is 3.15. The minimum atomic E-state index is -0.743. The molecule has 20 heavy (non-hydrogen) atoms. The number of nitrogens with zero attached hydrogens (tertiary/aromatic N) is 2. The van der Waals surface area contributed by atoms with Crippen LogP contribution in [0.4, 0.5) is 4.79 Å². The second kappa shape index (κ2) is 6.02. The fourth-order valence-corrected chi connectivity index (χ4v) is 3.15. The normalized spacial score (nSPS) is 27.0. The van der Waals surface area contributed by atoms with E-state index >= 15 is 0 Å². The quantitative estimate of drug-likeness (QED) is 0.804. The van der Waals surface area contributed by atoms with Crippen LogP contribution in [0, 0.1) is 5.41 Å². The lowest BCUT2D eigenvalue weighted by Gasteiger charge is -2.40. The monoisotopic (exact) mass is 282 g/mol. The zero-order chi connectivity index (χ0) is 14.8. The number of carbonyl (C=O) groups excluding carboxylic acids is 1. The van der Waals surface area contributed by atoms with Gasteiger partial charge < -0.3 is 14.9 Å². The number of carbonyl (C=O) groups is 2. The topological polar surface area (TPSA) is 60.9 Å². The third-order valence-corrected chi connectivity index (χ3v) is 4.95. The molecule has 0 aromatic heterocycles. The second-order valence-electron chi connectivity index (χ2n) is 6.53. The lowest BCUT2D eigenvalue weighted by molar-refractivity contribution is -0.150. The molecule has 2 saturated heterocycles. The lowest BCUT2D eigenvalue weighted by atomic mass is 9.80. The van der Waals surface area contributed by atoms with Crippen LogP contribution in [0.3, 0.4) is 0 Å². The molecule has 1 atom stereocenters. The van der Waals surface area contributed by atoms with Crippen LogP contribution in [-0.2, 0) is 4.79 Å². The third kappa shape index (κ3) is 3.07. The lowest BCUT2D eigenvalue weighted by Crippen LogP contribution is -2.52. The summed E-state index contributed by atoms with van der Waals surface area (Å²) in [5, 5.41) is 9.24. The van der Waals surface area contributed by atoms with Gasteiger partial charge in [-0.2, -0.15) is 0 Å². The molecule has 0 radical (unpaired) electrons. The molecular weight excluding hydrogens is 256 g/mol. The van der Waals surface area contributed by atoms with Gasteiger partial charge in [0.25, 0.3) is 0 Å². The van der Waals surface area contributed by atoms with Crippen molar-refractivity contribution < 1.29 is 14.7 Å². The maximum atomic E-state index is 12.6. The number of likely N-dealkylation sites (tertiary alicyclic amines) is 2. The molecule has 2 fully saturated rings. The van der Waals surface area contributed by atoms with Gasteiger partial charge >= 0.3 is 12.0 Å². The van der Waals surface area contributed by atoms with Gasteiger partial charge in [0.15, 0.2) is 0 Å². The van der Waals surface area contributed by atoms with Gasteiger partial charge in [0.2, 0.25) is 0 Å². The third-order valence-electron chi connectivity index (χ3n) is 4.95. The van der Waals surface area contributed by atoms with Crippen LogP contribution in [0.1, 0.15) is 52.4 Å². The van der Waals surface area contributed by atoms with Crippen molar-refractivity contribution in [2.24, 2.45) is 5.41 Å². The van der Waals surface area contributed by atoms with E-state index in [2.05, 4.69) is 6.92 Å². The molecule has 5 nitrogen and oxygen atoms in total. The first kappa shape index (κ1) is 15.1. The van der Waals surface area contributed by atoms with Gasteiger partial charge in [-0.15, -0.1) is 0 Å². The molecule has 114 valence electrons. The number of hydrogen-bond donors (Lipinski definition) is 1. The van der Waals surface area contributed by atoms with E-state index in [0.29, 0.717) is 32.0 Å². The minimum absolute atomic E-state index is 0.104. The van der Waals surface area contributed by atoms with Gasteiger partial charge in [0.05, 0.1) is 5.41 Å². The fraction of sp³-hybridized carbons (Fsp3) is 0.867. The molecule has 0 spiro atoms. The summed E-state index contributed by atoms with van der Waals surface area (Å²) in [6.07, 6.45) is 5.66. The van der Waals surface area contributed by atoms with E-state index in [-0.39, 0.29) is 6.03 Å². The summed E-state index contributed by atoms with van der Waals surface area (Å²) in [6, 6.07) is 0.407. The standard InChI is InChI=1S/C15H26N2O3/c1-12-6-4-3-5-9-17(12)14(20)16-10-7-15(2,8-11-16)13(18)19/h12H,3-11H2,1-2H3,(H,18,19). The summed E-state index contributed by atoms with van der Waals surface area (Å²) >= 11 is 0. The summed E-state index contributed by atoms with van der Waals surface area (Å²) in [7, 11) is 0. The summed E-state index contributed by atoms with van der Waals surface area (Å²) in [6.45, 7) is 5.86. The van der Waals surface area contributed by atoms with Gasteiger partial charge in [0.1, 0.15) is 0 Å². The second-order valence-corrected chi connectivity index (χ2v) is 6.53. The molecule has 0 bridgehead atoms. The van der Waals surface area contributed by atoms with Gasteiger partial charge in [-0.3, -0.25) is 4.79 Å². The Morgan fingerprint density at radius 2 is 1.75 bits per heavy atom. The molecular formula is C15H26N2O3. The molecule has 2 aliphatic rings. The molecule has 2 amide bonds. The number of piperidine rings is 1. The van der Waals surface area contributed by atoms with Crippen LogP contribution in [0.5, 0.6) is 0 Å². The van der Waals surface area contributed by atoms with Gasteiger partial charge in [-0.25, -0.2) is 4.79 Å². The number of rotatable bonds is 1. The van der Waals surface area contributed by atoms with Crippen molar-refractivity contribution in [1.29, 1.82) is 0 Å². The number of carboxylic acids is 1. The Labute approximate surface area is 120 Å². The molecule has 0 saturated carbocycles. The number of aliphatic carboxylic acids is 1. The number of urea groups is 1. The highest BCUT2D eigenvalue weighted by atomic mass is 16.4. The average molecular weight is 282 g/mol. The zero-order valence-corrected chi connectivity index (χ0v) is 12.6. The van der Waals surface area contributed by atoms with E-state index < -0.39 is 11.4 Å². The van der Waals surface area contributed by atoms with Crippen molar-refractivity contribution in [2.75, 3.05) is 19.6 Å². The summed E-state index contributed by atoms with van der Waals surface area (Å²) < 4.78 is 0. The van der Waals surface area contributed by atoms with Crippen LogP contribution in [0.25, 0.3) is 0 Å². The molecule has 2 rings (SSSR count).